The quantitative estimate of drug-likeness (QED) is 0.113. The number of nitrogens with two attached hydrogens (primary N) is 4. The smallest absolute Gasteiger partial charge is 0.249 e. The molecule has 0 radical (unpaired) electrons. The van der Waals surface area contributed by atoms with Crippen LogP contribution in [0.5, 0.6) is 0 Å². The summed E-state index contributed by atoms with van der Waals surface area (Å²) in [6, 6.07) is -3.45. The second-order valence-corrected chi connectivity index (χ2v) is 10.3. The summed E-state index contributed by atoms with van der Waals surface area (Å²) in [7, 11) is 0. The lowest BCUT2D eigenvalue weighted by Gasteiger charge is -2.49. The Morgan fingerprint density at radius 1 is 0.850 bits per heavy atom. The van der Waals surface area contributed by atoms with Crippen molar-refractivity contribution in [3.05, 3.63) is 0 Å². The van der Waals surface area contributed by atoms with Gasteiger partial charge >= 0.3 is 0 Å². The van der Waals surface area contributed by atoms with E-state index in [2.05, 4.69) is 5.32 Å². The van der Waals surface area contributed by atoms with Gasteiger partial charge in [-0.3, -0.25) is 4.79 Å². The summed E-state index contributed by atoms with van der Waals surface area (Å²) in [5.74, 6) is -0.845. The molecule has 0 bridgehead atoms. The normalized spacial score (nSPS) is 47.0. The molecular weight excluding hydrogens is 542 g/mol. The van der Waals surface area contributed by atoms with E-state index < -0.39 is 110 Å². The Hall–Kier alpha value is -1.17. The van der Waals surface area contributed by atoms with Gasteiger partial charge in [0, 0.05) is 12.6 Å². The molecule has 0 spiro atoms. The molecule has 40 heavy (non-hydrogen) atoms. The molecule has 18 heteroatoms. The van der Waals surface area contributed by atoms with E-state index in [9.17, 15) is 45.6 Å². The van der Waals surface area contributed by atoms with E-state index in [0.717, 1.165) is 0 Å². The van der Waals surface area contributed by atoms with Crippen LogP contribution in [0, 0.1) is 0 Å². The molecule has 3 aliphatic rings. The number of hydrogen-bond donors (Lipinski definition) is 13. The Bertz CT molecular complexity index is 815. The number of nitrogens with one attached hydrogen (secondary N) is 1. The van der Waals surface area contributed by atoms with Gasteiger partial charge in [0.05, 0.1) is 18.7 Å². The molecule has 0 unspecified atom stereocenters. The maximum absolute atomic E-state index is 12.6. The van der Waals surface area contributed by atoms with Gasteiger partial charge in [0.25, 0.3) is 0 Å². The van der Waals surface area contributed by atoms with Crippen LogP contribution in [0.25, 0.3) is 0 Å². The molecule has 3 fully saturated rings. The SMILES string of the molecule is NCC[C@H](O)C(=O)N[C@@H]1C[C@H](N)[C@@H](O[C@H]2O[C@H](CN)[C@@H](O)[C@H](O)[C@@H]2O)[C@H](O)[C@@H]1O[C@H]1O[C@H](CO)[C@@H](O)[C@H](N)[C@@H]1O. The topological polar surface area (TPSA) is 332 Å². The Morgan fingerprint density at radius 3 is 2.05 bits per heavy atom. The highest BCUT2D eigenvalue weighted by Crippen LogP contribution is 2.32. The zero-order valence-electron chi connectivity index (χ0n) is 21.7. The number of aliphatic hydroxyl groups excluding tert-OH is 8. The highest BCUT2D eigenvalue weighted by molar-refractivity contribution is 5.80. The molecule has 16 atom stereocenters. The Labute approximate surface area is 229 Å². The number of aliphatic hydroxyl groups is 8. The molecule has 0 aromatic rings. The van der Waals surface area contributed by atoms with Crippen molar-refractivity contribution < 1.29 is 64.6 Å². The van der Waals surface area contributed by atoms with Crippen molar-refractivity contribution in [1.82, 2.24) is 5.32 Å². The second kappa shape index (κ2) is 14.3. The van der Waals surface area contributed by atoms with E-state index >= 15 is 0 Å². The first-order valence-corrected chi connectivity index (χ1v) is 13.1. The molecular formula is C22H43N5O13. The van der Waals surface area contributed by atoms with Crippen LogP contribution in [0.1, 0.15) is 12.8 Å². The van der Waals surface area contributed by atoms with Gasteiger partial charge in [0.1, 0.15) is 67.1 Å². The van der Waals surface area contributed by atoms with E-state index in [0.29, 0.717) is 0 Å². The molecule has 18 nitrogen and oxygen atoms in total. The van der Waals surface area contributed by atoms with Crippen molar-refractivity contribution in [3.8, 4) is 0 Å². The Balaban J connectivity index is 1.85. The van der Waals surface area contributed by atoms with E-state index in [-0.39, 0.29) is 25.9 Å². The van der Waals surface area contributed by atoms with Crippen LogP contribution >= 0.6 is 0 Å². The number of rotatable bonds is 10. The molecule has 2 aliphatic heterocycles. The molecule has 1 aliphatic carbocycles. The van der Waals surface area contributed by atoms with Crippen molar-refractivity contribution in [3.63, 3.8) is 0 Å². The number of carbonyl (C=O) groups is 1. The minimum Gasteiger partial charge on any atom is -0.394 e. The zero-order valence-corrected chi connectivity index (χ0v) is 21.7. The van der Waals surface area contributed by atoms with Gasteiger partial charge in [-0.2, -0.15) is 0 Å². The molecule has 17 N–H and O–H groups in total. The summed E-state index contributed by atoms with van der Waals surface area (Å²) in [4.78, 5) is 12.6. The minimum atomic E-state index is -1.76. The predicted molar refractivity (Wildman–Crippen MR) is 131 cm³/mol. The summed E-state index contributed by atoms with van der Waals surface area (Å²) in [6.07, 6.45) is -19.8. The fraction of sp³-hybridized carbons (Fsp3) is 0.955. The highest BCUT2D eigenvalue weighted by Gasteiger charge is 2.52. The fourth-order valence-electron chi connectivity index (χ4n) is 5.07. The lowest BCUT2D eigenvalue weighted by atomic mass is 9.83. The number of ether oxygens (including phenoxy) is 4. The van der Waals surface area contributed by atoms with Gasteiger partial charge in [0.15, 0.2) is 12.6 Å². The Morgan fingerprint density at radius 2 is 1.45 bits per heavy atom. The van der Waals surface area contributed by atoms with Crippen LogP contribution < -0.4 is 28.3 Å². The zero-order chi connectivity index (χ0) is 29.9. The predicted octanol–water partition coefficient (Wildman–Crippen LogP) is -8.42. The first-order valence-electron chi connectivity index (χ1n) is 13.1. The monoisotopic (exact) mass is 585 g/mol. The third-order valence-electron chi connectivity index (χ3n) is 7.51. The molecule has 0 aromatic carbocycles. The molecule has 2 heterocycles. The van der Waals surface area contributed by atoms with Crippen molar-refractivity contribution in [2.75, 3.05) is 19.7 Å². The summed E-state index contributed by atoms with van der Waals surface area (Å²) in [6.45, 7) is -0.898. The molecule has 2 saturated heterocycles. The van der Waals surface area contributed by atoms with Gasteiger partial charge < -0.3 is 88.1 Å². The van der Waals surface area contributed by atoms with Crippen LogP contribution in [-0.2, 0) is 23.7 Å². The van der Waals surface area contributed by atoms with E-state index in [4.69, 9.17) is 41.9 Å². The largest absolute Gasteiger partial charge is 0.394 e. The fourth-order valence-corrected chi connectivity index (χ4v) is 5.07. The van der Waals surface area contributed by atoms with Crippen LogP contribution in [0.3, 0.4) is 0 Å². The van der Waals surface area contributed by atoms with Crippen LogP contribution in [-0.4, -0.2) is 164 Å². The number of amides is 1. The van der Waals surface area contributed by atoms with E-state index in [1.54, 1.807) is 0 Å². The lowest BCUT2D eigenvalue weighted by Crippen LogP contribution is -2.69. The number of hydrogen-bond acceptors (Lipinski definition) is 17. The first kappa shape index (κ1) is 33.3. The van der Waals surface area contributed by atoms with Crippen LogP contribution in [0.2, 0.25) is 0 Å². The summed E-state index contributed by atoms with van der Waals surface area (Å²) in [5, 5.41) is 84.9. The molecule has 3 rings (SSSR count). The average molecular weight is 586 g/mol. The number of carbonyl (C=O) groups excluding carboxylic acids is 1. The lowest BCUT2D eigenvalue weighted by molar-refractivity contribution is -0.332. The maximum Gasteiger partial charge on any atom is 0.249 e. The summed E-state index contributed by atoms with van der Waals surface area (Å²) in [5.41, 5.74) is 23.1. The van der Waals surface area contributed by atoms with Crippen molar-refractivity contribution in [2.45, 2.75) is 111 Å². The highest BCUT2D eigenvalue weighted by atomic mass is 16.7. The standard InChI is InChI=1S/C22H43N5O13/c23-2-1-8(29)20(36)27-7-3-6(25)18(39-22-16(34)15(33)13(31)9(4-24)37-22)17(35)19(7)40-21-14(32)11(26)12(30)10(5-28)38-21/h6-19,21-22,28-35H,1-5,23-26H2,(H,27,36)/t6-,7+,8-,9+,10+,11-,12+,13+,14-,15-,16-,17-,18+,19+,21+,22+/m0/s1. The summed E-state index contributed by atoms with van der Waals surface area (Å²) >= 11 is 0. The third-order valence-corrected chi connectivity index (χ3v) is 7.51. The van der Waals surface area contributed by atoms with Gasteiger partial charge in [-0.05, 0) is 19.4 Å². The van der Waals surface area contributed by atoms with Crippen molar-refractivity contribution >= 4 is 5.91 Å². The van der Waals surface area contributed by atoms with Crippen LogP contribution in [0.4, 0.5) is 0 Å². The van der Waals surface area contributed by atoms with E-state index in [1.165, 1.54) is 0 Å². The summed E-state index contributed by atoms with van der Waals surface area (Å²) < 4.78 is 22.5. The molecule has 1 saturated carbocycles. The van der Waals surface area contributed by atoms with E-state index in [1.807, 2.05) is 0 Å². The van der Waals surface area contributed by atoms with Crippen LogP contribution in [0.15, 0.2) is 0 Å². The molecule has 1 amide bonds. The van der Waals surface area contributed by atoms with Gasteiger partial charge in [-0.25, -0.2) is 0 Å². The average Bonchev–Trinajstić information content (AvgIpc) is 2.92. The van der Waals surface area contributed by atoms with Crippen molar-refractivity contribution in [2.24, 2.45) is 22.9 Å². The van der Waals surface area contributed by atoms with Gasteiger partial charge in [-0.15, -0.1) is 0 Å². The molecule has 234 valence electrons. The maximum atomic E-state index is 12.6. The van der Waals surface area contributed by atoms with Gasteiger partial charge in [0.2, 0.25) is 5.91 Å². The Kier molecular flexibility index (Phi) is 11.9. The van der Waals surface area contributed by atoms with Gasteiger partial charge in [-0.1, -0.05) is 0 Å². The minimum absolute atomic E-state index is 0.0101. The second-order valence-electron chi connectivity index (χ2n) is 10.3. The third kappa shape index (κ3) is 7.06. The first-order chi connectivity index (χ1) is 18.9. The molecule has 0 aromatic heterocycles. The van der Waals surface area contributed by atoms with Crippen molar-refractivity contribution in [1.29, 1.82) is 0 Å².